The Morgan fingerprint density at radius 1 is 1.50 bits per heavy atom. The number of nitrogens with zero attached hydrogens (tertiary/aromatic N) is 2. The molecule has 1 aromatic carbocycles. The van der Waals surface area contributed by atoms with Gasteiger partial charge in [0.15, 0.2) is 0 Å². The van der Waals surface area contributed by atoms with Crippen molar-refractivity contribution in [1.82, 2.24) is 9.59 Å². The second kappa shape index (κ2) is 6.08. The molecule has 1 aromatic heterocycles. The predicted octanol–water partition coefficient (Wildman–Crippen LogP) is 1.13. The summed E-state index contributed by atoms with van der Waals surface area (Å²) in [4.78, 5) is 12.2. The number of carbonyl (C=O) groups excluding carboxylic acids is 1. The second-order valence-electron chi connectivity index (χ2n) is 3.40. The van der Waals surface area contributed by atoms with Gasteiger partial charge in [0.05, 0.1) is 6.20 Å². The lowest BCUT2D eigenvalue weighted by Gasteiger charge is -2.07. The lowest BCUT2D eigenvalue weighted by atomic mass is 10.3. The lowest BCUT2D eigenvalue weighted by Crippen LogP contribution is -2.12. The normalized spacial score (nSPS) is 10.1. The highest BCUT2D eigenvalue weighted by Gasteiger charge is 2.08. The lowest BCUT2D eigenvalue weighted by molar-refractivity contribution is 0.103. The van der Waals surface area contributed by atoms with E-state index in [0.29, 0.717) is 29.5 Å². The average molecular weight is 264 g/mol. The highest BCUT2D eigenvalue weighted by Crippen LogP contribution is 2.18. The van der Waals surface area contributed by atoms with Gasteiger partial charge in [-0.2, -0.15) is 0 Å². The number of nitrogens with two attached hydrogens (primary N) is 1. The van der Waals surface area contributed by atoms with Crippen molar-refractivity contribution in [2.75, 3.05) is 18.5 Å². The summed E-state index contributed by atoms with van der Waals surface area (Å²) in [7, 11) is 0. The summed E-state index contributed by atoms with van der Waals surface area (Å²) in [6.45, 7) is 0.888. The number of rotatable bonds is 5. The number of amides is 1. The first kappa shape index (κ1) is 12.5. The molecule has 0 saturated carbocycles. The molecule has 18 heavy (non-hydrogen) atoms. The quantitative estimate of drug-likeness (QED) is 0.844. The number of benzene rings is 1. The van der Waals surface area contributed by atoms with E-state index in [1.807, 2.05) is 0 Å². The minimum Gasteiger partial charge on any atom is -0.492 e. The molecule has 1 amide bonds. The summed E-state index contributed by atoms with van der Waals surface area (Å²) in [5, 5.41) is 6.35. The molecule has 6 nitrogen and oxygen atoms in total. The fraction of sp³-hybridized carbons (Fsp3) is 0.182. The number of carbonyl (C=O) groups is 1. The third kappa shape index (κ3) is 3.25. The molecule has 0 fully saturated rings. The van der Waals surface area contributed by atoms with E-state index in [2.05, 4.69) is 14.9 Å². The molecule has 0 aliphatic carbocycles. The first-order valence-corrected chi connectivity index (χ1v) is 6.08. The van der Waals surface area contributed by atoms with Crippen LogP contribution in [-0.2, 0) is 0 Å². The highest BCUT2D eigenvalue weighted by atomic mass is 32.1. The molecule has 0 radical (unpaired) electrons. The Labute approximate surface area is 108 Å². The molecule has 2 rings (SSSR count). The van der Waals surface area contributed by atoms with Crippen LogP contribution < -0.4 is 15.8 Å². The molecule has 3 N–H and O–H groups in total. The van der Waals surface area contributed by atoms with E-state index in [0.717, 1.165) is 11.5 Å². The van der Waals surface area contributed by atoms with Crippen LogP contribution in [0.25, 0.3) is 0 Å². The van der Waals surface area contributed by atoms with Crippen LogP contribution in [0.1, 0.15) is 9.67 Å². The van der Waals surface area contributed by atoms with Crippen molar-refractivity contribution < 1.29 is 9.53 Å². The van der Waals surface area contributed by atoms with Crippen molar-refractivity contribution in [3.63, 3.8) is 0 Å². The van der Waals surface area contributed by atoms with Crippen LogP contribution >= 0.6 is 11.5 Å². The van der Waals surface area contributed by atoms with Gasteiger partial charge in [0, 0.05) is 18.3 Å². The van der Waals surface area contributed by atoms with Gasteiger partial charge < -0.3 is 15.8 Å². The van der Waals surface area contributed by atoms with Crippen LogP contribution in [0.2, 0.25) is 0 Å². The topological polar surface area (TPSA) is 90.1 Å². The Balaban J connectivity index is 2.03. The van der Waals surface area contributed by atoms with Crippen LogP contribution in [0.5, 0.6) is 5.75 Å². The Morgan fingerprint density at radius 2 is 2.39 bits per heavy atom. The van der Waals surface area contributed by atoms with Gasteiger partial charge in [-0.1, -0.05) is 10.6 Å². The third-order valence-corrected chi connectivity index (χ3v) is 2.73. The number of anilines is 1. The Kier molecular flexibility index (Phi) is 4.21. The smallest absolute Gasteiger partial charge is 0.269 e. The van der Waals surface area contributed by atoms with Gasteiger partial charge in [0.25, 0.3) is 5.91 Å². The molecular weight excluding hydrogens is 252 g/mol. The number of hydrogen-bond donors (Lipinski definition) is 2. The first-order valence-electron chi connectivity index (χ1n) is 5.31. The van der Waals surface area contributed by atoms with Crippen molar-refractivity contribution in [3.05, 3.63) is 35.3 Å². The molecular formula is C11H12N4O2S. The Bertz CT molecular complexity index is 516. The monoisotopic (exact) mass is 264 g/mol. The number of nitrogens with one attached hydrogen (secondary N) is 1. The van der Waals surface area contributed by atoms with Crippen molar-refractivity contribution in [2.45, 2.75) is 0 Å². The fourth-order valence-corrected chi connectivity index (χ4v) is 1.71. The van der Waals surface area contributed by atoms with E-state index in [9.17, 15) is 4.79 Å². The predicted molar refractivity (Wildman–Crippen MR) is 68.9 cm³/mol. The van der Waals surface area contributed by atoms with E-state index < -0.39 is 0 Å². The molecule has 0 saturated heterocycles. The summed E-state index contributed by atoms with van der Waals surface area (Å²) < 4.78 is 9.00. The van der Waals surface area contributed by atoms with Gasteiger partial charge in [0.1, 0.15) is 17.2 Å². The summed E-state index contributed by atoms with van der Waals surface area (Å²) in [6.07, 6.45) is 1.43. The van der Waals surface area contributed by atoms with Crippen molar-refractivity contribution in [3.8, 4) is 5.75 Å². The van der Waals surface area contributed by atoms with Gasteiger partial charge in [-0.05, 0) is 23.7 Å². The molecule has 2 aromatic rings. The molecule has 0 aliphatic heterocycles. The summed E-state index contributed by atoms with van der Waals surface area (Å²) in [5.41, 5.74) is 6.01. The molecule has 0 spiro atoms. The maximum atomic E-state index is 11.8. The van der Waals surface area contributed by atoms with E-state index in [4.69, 9.17) is 10.5 Å². The zero-order chi connectivity index (χ0) is 12.8. The van der Waals surface area contributed by atoms with Crippen molar-refractivity contribution in [1.29, 1.82) is 0 Å². The second-order valence-corrected chi connectivity index (χ2v) is 4.19. The van der Waals surface area contributed by atoms with Crippen LogP contribution in [0, 0.1) is 0 Å². The minimum atomic E-state index is -0.235. The van der Waals surface area contributed by atoms with Crippen LogP contribution in [0.3, 0.4) is 0 Å². The summed E-state index contributed by atoms with van der Waals surface area (Å²) >= 11 is 1.05. The van der Waals surface area contributed by atoms with E-state index in [1.54, 1.807) is 24.3 Å². The summed E-state index contributed by atoms with van der Waals surface area (Å²) in [5.74, 6) is 0.432. The standard InChI is InChI=1S/C11H12N4O2S/c12-4-5-17-9-3-1-2-8(6-9)14-11(16)10-7-13-15-18-10/h1-3,6-7H,4-5,12H2,(H,14,16). The molecule has 94 valence electrons. The Morgan fingerprint density at radius 3 is 3.11 bits per heavy atom. The summed E-state index contributed by atoms with van der Waals surface area (Å²) in [6, 6.07) is 7.12. The average Bonchev–Trinajstić information content (AvgIpc) is 2.91. The third-order valence-electron chi connectivity index (χ3n) is 2.06. The van der Waals surface area contributed by atoms with Crippen LogP contribution in [0.4, 0.5) is 5.69 Å². The van der Waals surface area contributed by atoms with E-state index in [-0.39, 0.29) is 5.91 Å². The first-order chi connectivity index (χ1) is 8.79. The van der Waals surface area contributed by atoms with E-state index in [1.165, 1.54) is 6.20 Å². The number of ether oxygens (including phenoxy) is 1. The van der Waals surface area contributed by atoms with Crippen molar-refractivity contribution in [2.24, 2.45) is 5.73 Å². The van der Waals surface area contributed by atoms with Gasteiger partial charge in [-0.15, -0.1) is 5.10 Å². The number of hydrogen-bond acceptors (Lipinski definition) is 6. The van der Waals surface area contributed by atoms with Crippen LogP contribution in [-0.4, -0.2) is 28.6 Å². The largest absolute Gasteiger partial charge is 0.492 e. The minimum absolute atomic E-state index is 0.235. The maximum absolute atomic E-state index is 11.8. The van der Waals surface area contributed by atoms with Gasteiger partial charge >= 0.3 is 0 Å². The zero-order valence-corrected chi connectivity index (χ0v) is 10.3. The molecule has 1 heterocycles. The van der Waals surface area contributed by atoms with Gasteiger partial charge in [-0.3, -0.25) is 4.79 Å². The van der Waals surface area contributed by atoms with Crippen molar-refractivity contribution >= 4 is 23.1 Å². The molecule has 7 heteroatoms. The maximum Gasteiger partial charge on any atom is 0.269 e. The van der Waals surface area contributed by atoms with Gasteiger partial charge in [0.2, 0.25) is 0 Å². The zero-order valence-electron chi connectivity index (χ0n) is 9.50. The fourth-order valence-electron chi connectivity index (χ4n) is 1.30. The molecule has 0 aliphatic rings. The van der Waals surface area contributed by atoms with Crippen LogP contribution in [0.15, 0.2) is 30.5 Å². The number of aromatic nitrogens is 2. The molecule has 0 atom stereocenters. The molecule has 0 unspecified atom stereocenters. The molecule has 0 bridgehead atoms. The highest BCUT2D eigenvalue weighted by molar-refractivity contribution is 7.07. The van der Waals surface area contributed by atoms with Gasteiger partial charge in [-0.25, -0.2) is 0 Å². The Hall–Kier alpha value is -1.99. The van der Waals surface area contributed by atoms with E-state index >= 15 is 0 Å². The SMILES string of the molecule is NCCOc1cccc(NC(=O)c2cnns2)c1.